The Morgan fingerprint density at radius 2 is 1.94 bits per heavy atom. The summed E-state index contributed by atoms with van der Waals surface area (Å²) in [6.45, 7) is 4.09. The summed E-state index contributed by atoms with van der Waals surface area (Å²) in [4.78, 5) is 22.5. The average molecular weight is 263 g/mol. The van der Waals surface area contributed by atoms with Crippen LogP contribution in [0.25, 0.3) is 0 Å². The van der Waals surface area contributed by atoms with Gasteiger partial charge in [-0.25, -0.2) is 0 Å². The first-order valence-corrected chi connectivity index (χ1v) is 6.73. The van der Waals surface area contributed by atoms with E-state index in [1.807, 2.05) is 6.92 Å². The van der Waals surface area contributed by atoms with Crippen molar-refractivity contribution in [3.8, 4) is 0 Å². The van der Waals surface area contributed by atoms with Crippen LogP contribution in [0.5, 0.6) is 0 Å². The van der Waals surface area contributed by atoms with Gasteiger partial charge in [0.2, 0.25) is 0 Å². The smallest absolute Gasteiger partial charge is 0.322 e. The van der Waals surface area contributed by atoms with E-state index in [4.69, 9.17) is 10.5 Å². The van der Waals surface area contributed by atoms with Crippen molar-refractivity contribution in [1.29, 1.82) is 0 Å². The molecule has 2 N–H and O–H groups in total. The molecule has 0 heterocycles. The molecule has 0 bridgehead atoms. The van der Waals surface area contributed by atoms with Gasteiger partial charge in [0.25, 0.3) is 0 Å². The molecule has 0 rings (SSSR count). The highest BCUT2D eigenvalue weighted by Crippen LogP contribution is 2.17. The maximum Gasteiger partial charge on any atom is 0.322 e. The van der Waals surface area contributed by atoms with Gasteiger partial charge < -0.3 is 15.2 Å². The van der Waals surface area contributed by atoms with E-state index in [1.165, 1.54) is 18.9 Å². The van der Waals surface area contributed by atoms with Crippen LogP contribution in [-0.2, 0) is 19.1 Å². The molecular formula is C11H21NO4S. The Labute approximate surface area is 106 Å². The lowest BCUT2D eigenvalue weighted by molar-refractivity contribution is -0.143. The lowest BCUT2D eigenvalue weighted by atomic mass is 10.2. The summed E-state index contributed by atoms with van der Waals surface area (Å²) < 4.78 is 9.46. The van der Waals surface area contributed by atoms with Crippen molar-refractivity contribution < 1.29 is 19.1 Å². The highest BCUT2D eigenvalue weighted by Gasteiger charge is 2.19. The van der Waals surface area contributed by atoms with Gasteiger partial charge in [-0.3, -0.25) is 9.59 Å². The topological polar surface area (TPSA) is 78.6 Å². The minimum atomic E-state index is -0.618. The van der Waals surface area contributed by atoms with Crippen LogP contribution in [0.15, 0.2) is 0 Å². The van der Waals surface area contributed by atoms with E-state index in [0.717, 1.165) is 0 Å². The summed E-state index contributed by atoms with van der Waals surface area (Å²) in [6.07, 6.45) is 1.20. The molecule has 5 nitrogen and oxygen atoms in total. The number of hydrogen-bond acceptors (Lipinski definition) is 6. The number of nitrogens with two attached hydrogens (primary N) is 1. The summed E-state index contributed by atoms with van der Waals surface area (Å²) in [5.74, 6) is 0.00884. The zero-order valence-corrected chi connectivity index (χ0v) is 11.4. The Hall–Kier alpha value is -0.750. The lowest BCUT2D eigenvalue weighted by Crippen LogP contribution is -2.32. The molecule has 0 aromatic rings. The molecule has 17 heavy (non-hydrogen) atoms. The van der Waals surface area contributed by atoms with E-state index < -0.39 is 12.0 Å². The van der Waals surface area contributed by atoms with Crippen molar-refractivity contribution in [1.82, 2.24) is 0 Å². The van der Waals surface area contributed by atoms with Gasteiger partial charge in [0.1, 0.15) is 11.3 Å². The highest BCUT2D eigenvalue weighted by molar-refractivity contribution is 8.00. The second kappa shape index (κ2) is 9.30. The van der Waals surface area contributed by atoms with Crippen LogP contribution in [0.4, 0.5) is 0 Å². The van der Waals surface area contributed by atoms with Gasteiger partial charge in [-0.15, -0.1) is 11.8 Å². The molecule has 2 atom stereocenters. The zero-order valence-electron chi connectivity index (χ0n) is 10.6. The van der Waals surface area contributed by atoms with Gasteiger partial charge in [-0.1, -0.05) is 6.92 Å². The molecule has 0 saturated carbocycles. The second-order valence-corrected chi connectivity index (χ2v) is 4.75. The number of carbonyl (C=O) groups excluding carboxylic acids is 2. The molecule has 2 unspecified atom stereocenters. The Balaban J connectivity index is 3.91. The quantitative estimate of drug-likeness (QED) is 0.657. The predicted molar refractivity (Wildman–Crippen MR) is 67.8 cm³/mol. The summed E-state index contributed by atoms with van der Waals surface area (Å²) in [5, 5.41) is -0.181. The Kier molecular flexibility index (Phi) is 8.89. The van der Waals surface area contributed by atoms with Crippen LogP contribution in [0.3, 0.4) is 0 Å². The normalized spacial score (nSPS) is 13.9. The van der Waals surface area contributed by atoms with Crippen LogP contribution in [0, 0.1) is 0 Å². The van der Waals surface area contributed by atoms with Crippen molar-refractivity contribution in [3.63, 3.8) is 0 Å². The standard InChI is InChI=1S/C11H21NO4S/c1-4-9(11(14)16-5-2)17-7-6-8(12)10(13)15-3/h8-9H,4-7,12H2,1-3H3. The SMILES string of the molecule is CCOC(=O)C(CC)SCCC(N)C(=O)OC. The molecule has 0 aliphatic carbocycles. The van der Waals surface area contributed by atoms with E-state index in [9.17, 15) is 9.59 Å². The van der Waals surface area contributed by atoms with Gasteiger partial charge >= 0.3 is 11.9 Å². The summed E-state index contributed by atoms with van der Waals surface area (Å²) in [6, 6.07) is -0.618. The van der Waals surface area contributed by atoms with Crippen LogP contribution in [-0.4, -0.2) is 42.7 Å². The van der Waals surface area contributed by atoms with Crippen LogP contribution in [0.1, 0.15) is 26.7 Å². The van der Waals surface area contributed by atoms with Crippen molar-refractivity contribution in [2.45, 2.75) is 38.0 Å². The molecule has 0 aromatic heterocycles. The van der Waals surface area contributed by atoms with E-state index in [1.54, 1.807) is 6.92 Å². The molecule has 100 valence electrons. The summed E-state index contributed by atoms with van der Waals surface area (Å²) >= 11 is 1.46. The Morgan fingerprint density at radius 3 is 2.41 bits per heavy atom. The van der Waals surface area contributed by atoms with Gasteiger partial charge in [-0.2, -0.15) is 0 Å². The van der Waals surface area contributed by atoms with Crippen molar-refractivity contribution in [3.05, 3.63) is 0 Å². The van der Waals surface area contributed by atoms with Crippen molar-refractivity contribution in [2.24, 2.45) is 5.73 Å². The first-order chi connectivity index (χ1) is 8.06. The monoisotopic (exact) mass is 263 g/mol. The number of methoxy groups -OCH3 is 1. The third-order valence-electron chi connectivity index (χ3n) is 2.17. The molecule has 0 spiro atoms. The van der Waals surface area contributed by atoms with E-state index >= 15 is 0 Å². The number of thioether (sulfide) groups is 1. The maximum atomic E-state index is 11.5. The first kappa shape index (κ1) is 16.2. The molecule has 6 heteroatoms. The first-order valence-electron chi connectivity index (χ1n) is 5.68. The molecule has 0 aliphatic rings. The second-order valence-electron chi connectivity index (χ2n) is 3.44. The van der Waals surface area contributed by atoms with Gasteiger partial charge in [0.05, 0.1) is 13.7 Å². The number of esters is 2. The molecule has 0 radical (unpaired) electrons. The molecule has 0 fully saturated rings. The predicted octanol–water partition coefficient (Wildman–Crippen LogP) is 0.952. The fraction of sp³-hybridized carbons (Fsp3) is 0.818. The summed E-state index contributed by atoms with van der Waals surface area (Å²) in [5.41, 5.74) is 5.59. The van der Waals surface area contributed by atoms with Crippen LogP contribution >= 0.6 is 11.8 Å². The molecular weight excluding hydrogens is 242 g/mol. The number of hydrogen-bond donors (Lipinski definition) is 1. The third-order valence-corrected chi connectivity index (χ3v) is 3.57. The van der Waals surface area contributed by atoms with Gasteiger partial charge in [-0.05, 0) is 25.5 Å². The Morgan fingerprint density at radius 1 is 1.29 bits per heavy atom. The van der Waals surface area contributed by atoms with Crippen LogP contribution in [0.2, 0.25) is 0 Å². The van der Waals surface area contributed by atoms with Gasteiger partial charge in [0, 0.05) is 0 Å². The minimum Gasteiger partial charge on any atom is -0.468 e. The number of rotatable bonds is 8. The summed E-state index contributed by atoms with van der Waals surface area (Å²) in [7, 11) is 1.31. The molecule has 0 aromatic carbocycles. The van der Waals surface area contributed by atoms with E-state index in [-0.39, 0.29) is 11.2 Å². The van der Waals surface area contributed by atoms with Crippen molar-refractivity contribution >= 4 is 23.7 Å². The van der Waals surface area contributed by atoms with E-state index in [0.29, 0.717) is 25.2 Å². The molecule has 0 saturated heterocycles. The fourth-order valence-electron chi connectivity index (χ4n) is 1.19. The largest absolute Gasteiger partial charge is 0.468 e. The fourth-order valence-corrected chi connectivity index (χ4v) is 2.31. The minimum absolute atomic E-state index is 0.181. The third kappa shape index (κ3) is 6.53. The number of ether oxygens (including phenoxy) is 2. The molecule has 0 amide bonds. The maximum absolute atomic E-state index is 11.5. The molecule has 0 aliphatic heterocycles. The Bertz CT molecular complexity index is 248. The zero-order chi connectivity index (χ0) is 13.3. The lowest BCUT2D eigenvalue weighted by Gasteiger charge is -2.14. The number of carbonyl (C=O) groups is 2. The average Bonchev–Trinajstić information content (AvgIpc) is 2.33. The van der Waals surface area contributed by atoms with Gasteiger partial charge in [0.15, 0.2) is 0 Å². The van der Waals surface area contributed by atoms with Crippen molar-refractivity contribution in [2.75, 3.05) is 19.5 Å². The van der Waals surface area contributed by atoms with Crippen LogP contribution < -0.4 is 5.73 Å². The highest BCUT2D eigenvalue weighted by atomic mass is 32.2. The van der Waals surface area contributed by atoms with E-state index in [2.05, 4.69) is 4.74 Å².